The van der Waals surface area contributed by atoms with Gasteiger partial charge < -0.3 is 10.2 Å². The minimum Gasteiger partial charge on any atom is -0.390 e. The van der Waals surface area contributed by atoms with Crippen LogP contribution in [0.15, 0.2) is 0 Å². The second-order valence-corrected chi connectivity index (χ2v) is 13.8. The molecule has 0 spiro atoms. The van der Waals surface area contributed by atoms with Crippen molar-refractivity contribution in [2.45, 2.75) is 136 Å². The van der Waals surface area contributed by atoms with Gasteiger partial charge in [-0.1, -0.05) is 34.1 Å². The van der Waals surface area contributed by atoms with E-state index in [2.05, 4.69) is 34.6 Å². The second kappa shape index (κ2) is 8.30. The van der Waals surface area contributed by atoms with Crippen molar-refractivity contribution in [3.8, 4) is 0 Å². The molecule has 0 radical (unpaired) electrons. The molecule has 2 nitrogen and oxygen atoms in total. The number of aliphatic hydroxyl groups is 2. The first-order chi connectivity index (χ1) is 14.4. The Bertz CT molecular complexity index is 639. The van der Waals surface area contributed by atoms with Gasteiger partial charge in [0.1, 0.15) is 0 Å². The summed E-state index contributed by atoms with van der Waals surface area (Å²) in [4.78, 5) is 0. The summed E-state index contributed by atoms with van der Waals surface area (Å²) in [5.74, 6) is 5.03. The molecule has 0 amide bonds. The van der Waals surface area contributed by atoms with Crippen molar-refractivity contribution in [2.24, 2.45) is 46.3 Å². The van der Waals surface area contributed by atoms with Crippen LogP contribution >= 0.6 is 0 Å². The number of hydrogen-bond donors (Lipinski definition) is 2. The molecule has 4 fully saturated rings. The summed E-state index contributed by atoms with van der Waals surface area (Å²) in [5.41, 5.74) is 0.0808. The van der Waals surface area contributed by atoms with Crippen LogP contribution in [-0.2, 0) is 0 Å². The Morgan fingerprint density at radius 1 is 0.903 bits per heavy atom. The van der Waals surface area contributed by atoms with Crippen LogP contribution in [0.4, 0.5) is 0 Å². The second-order valence-electron chi connectivity index (χ2n) is 13.8. The third-order valence-electron chi connectivity index (χ3n) is 11.6. The van der Waals surface area contributed by atoms with E-state index in [0.717, 1.165) is 67.6 Å². The lowest BCUT2D eigenvalue weighted by molar-refractivity contribution is -0.148. The van der Waals surface area contributed by atoms with Crippen molar-refractivity contribution < 1.29 is 10.2 Å². The van der Waals surface area contributed by atoms with E-state index >= 15 is 0 Å². The van der Waals surface area contributed by atoms with E-state index < -0.39 is 11.2 Å². The van der Waals surface area contributed by atoms with E-state index in [1.165, 1.54) is 51.4 Å². The van der Waals surface area contributed by atoms with Crippen molar-refractivity contribution in [2.75, 3.05) is 0 Å². The lowest BCUT2D eigenvalue weighted by Gasteiger charge is -2.62. The molecule has 0 bridgehead atoms. The highest BCUT2D eigenvalue weighted by molar-refractivity contribution is 5.10. The van der Waals surface area contributed by atoms with E-state index in [0.29, 0.717) is 10.8 Å². The number of fused-ring (bicyclic) bond motifs is 5. The van der Waals surface area contributed by atoms with E-state index in [1.54, 1.807) is 0 Å². The Morgan fingerprint density at radius 2 is 1.61 bits per heavy atom. The molecule has 4 rings (SSSR count). The first kappa shape index (κ1) is 24.1. The van der Waals surface area contributed by atoms with Crippen LogP contribution in [0.1, 0.15) is 125 Å². The van der Waals surface area contributed by atoms with Crippen LogP contribution in [0.25, 0.3) is 0 Å². The molecule has 4 aliphatic rings. The smallest absolute Gasteiger partial charge is 0.0622 e. The van der Waals surface area contributed by atoms with Gasteiger partial charge in [-0.15, -0.1) is 0 Å². The molecule has 0 heterocycles. The van der Waals surface area contributed by atoms with Crippen molar-refractivity contribution in [3.05, 3.63) is 0 Å². The first-order valence-corrected chi connectivity index (χ1v) is 13.9. The van der Waals surface area contributed by atoms with Gasteiger partial charge in [-0.3, -0.25) is 0 Å². The van der Waals surface area contributed by atoms with E-state index in [4.69, 9.17) is 0 Å². The minimum absolute atomic E-state index is 0.424. The summed E-state index contributed by atoms with van der Waals surface area (Å²) in [7, 11) is 0. The molecule has 0 aromatic carbocycles. The topological polar surface area (TPSA) is 40.5 Å². The highest BCUT2D eigenvalue weighted by atomic mass is 16.3. The standard InChI is InChI=1S/C29H52O2/c1-7-14-26(3,30)15-12-20(2)23-10-11-24-22-9-8-21-19-27(4,31)17-18-28(21,5)25(22)13-16-29(23,24)6/h20-25,30-31H,7-19H2,1-6H3/t20-,21+,22+,23-,24+,25+,26-,27+,28+,29-/m1/s1. The molecule has 2 N–H and O–H groups in total. The molecule has 0 aromatic heterocycles. The predicted molar refractivity (Wildman–Crippen MR) is 130 cm³/mol. The molecule has 10 atom stereocenters. The van der Waals surface area contributed by atoms with Crippen molar-refractivity contribution in [1.29, 1.82) is 0 Å². The van der Waals surface area contributed by atoms with E-state index in [-0.39, 0.29) is 0 Å². The maximum absolute atomic E-state index is 10.7. The van der Waals surface area contributed by atoms with Crippen molar-refractivity contribution >= 4 is 0 Å². The van der Waals surface area contributed by atoms with Crippen LogP contribution in [0.3, 0.4) is 0 Å². The zero-order valence-electron chi connectivity index (χ0n) is 21.6. The van der Waals surface area contributed by atoms with Gasteiger partial charge in [-0.25, -0.2) is 0 Å². The van der Waals surface area contributed by atoms with Gasteiger partial charge in [0, 0.05) is 0 Å². The highest BCUT2D eigenvalue weighted by Gasteiger charge is 2.61. The first-order valence-electron chi connectivity index (χ1n) is 13.9. The molecule has 0 aliphatic heterocycles. The van der Waals surface area contributed by atoms with Gasteiger partial charge in [0.2, 0.25) is 0 Å². The molecular formula is C29H52O2. The van der Waals surface area contributed by atoms with Crippen LogP contribution in [0, 0.1) is 46.3 Å². The zero-order valence-corrected chi connectivity index (χ0v) is 21.6. The van der Waals surface area contributed by atoms with Gasteiger partial charge in [0.25, 0.3) is 0 Å². The average molecular weight is 433 g/mol. The predicted octanol–water partition coefficient (Wildman–Crippen LogP) is 7.36. The molecule has 4 saturated carbocycles. The number of rotatable bonds is 6. The van der Waals surface area contributed by atoms with Gasteiger partial charge in [-0.2, -0.15) is 0 Å². The molecule has 31 heavy (non-hydrogen) atoms. The lowest BCUT2D eigenvalue weighted by Crippen LogP contribution is -2.55. The SMILES string of the molecule is CCC[C@@](C)(O)CC[C@@H](C)[C@H]1CC[C@H]2[C@@H]3CC[C@H]4C[C@@](C)(O)CC[C@]4(C)[C@H]3CC[C@]12C. The summed E-state index contributed by atoms with van der Waals surface area (Å²) in [6.45, 7) is 14.1. The molecule has 180 valence electrons. The van der Waals surface area contributed by atoms with E-state index in [1.807, 2.05) is 6.92 Å². The average Bonchev–Trinajstić information content (AvgIpc) is 3.04. The molecule has 0 saturated heterocycles. The third-order valence-corrected chi connectivity index (χ3v) is 11.6. The van der Waals surface area contributed by atoms with Crippen LogP contribution in [-0.4, -0.2) is 21.4 Å². The summed E-state index contributed by atoms with van der Waals surface area (Å²) in [6, 6.07) is 0. The summed E-state index contributed by atoms with van der Waals surface area (Å²) in [5, 5.41) is 21.4. The molecule has 4 aliphatic carbocycles. The third kappa shape index (κ3) is 4.27. The fourth-order valence-electron chi connectivity index (χ4n) is 9.81. The van der Waals surface area contributed by atoms with Gasteiger partial charge in [0.15, 0.2) is 0 Å². The van der Waals surface area contributed by atoms with Gasteiger partial charge in [0.05, 0.1) is 11.2 Å². The maximum atomic E-state index is 10.7. The summed E-state index contributed by atoms with van der Waals surface area (Å²) < 4.78 is 0. The minimum atomic E-state index is -0.477. The van der Waals surface area contributed by atoms with E-state index in [9.17, 15) is 10.2 Å². The summed E-state index contributed by atoms with van der Waals surface area (Å²) >= 11 is 0. The Hall–Kier alpha value is -0.0800. The Labute approximate surface area is 193 Å². The normalized spacial score (nSPS) is 50.1. The summed E-state index contributed by atoms with van der Waals surface area (Å²) in [6.07, 6.45) is 15.9. The van der Waals surface area contributed by atoms with Crippen LogP contribution < -0.4 is 0 Å². The zero-order chi connectivity index (χ0) is 22.7. The fourth-order valence-corrected chi connectivity index (χ4v) is 9.81. The van der Waals surface area contributed by atoms with Crippen molar-refractivity contribution in [3.63, 3.8) is 0 Å². The molecule has 0 unspecified atom stereocenters. The van der Waals surface area contributed by atoms with Gasteiger partial charge >= 0.3 is 0 Å². The Morgan fingerprint density at radius 3 is 2.32 bits per heavy atom. The quantitative estimate of drug-likeness (QED) is 0.460. The van der Waals surface area contributed by atoms with Crippen LogP contribution in [0.2, 0.25) is 0 Å². The maximum Gasteiger partial charge on any atom is 0.0622 e. The number of hydrogen-bond acceptors (Lipinski definition) is 2. The molecule has 0 aromatic rings. The van der Waals surface area contributed by atoms with Crippen molar-refractivity contribution in [1.82, 2.24) is 0 Å². The highest BCUT2D eigenvalue weighted by Crippen LogP contribution is 2.68. The lowest BCUT2D eigenvalue weighted by atomic mass is 9.43. The molecule has 2 heteroatoms. The molecular weight excluding hydrogens is 380 g/mol. The fraction of sp³-hybridized carbons (Fsp3) is 1.00. The Balaban J connectivity index is 1.45. The largest absolute Gasteiger partial charge is 0.390 e. The van der Waals surface area contributed by atoms with Crippen LogP contribution in [0.5, 0.6) is 0 Å². The Kier molecular flexibility index (Phi) is 6.44. The van der Waals surface area contributed by atoms with Gasteiger partial charge in [-0.05, 0) is 137 Å². The monoisotopic (exact) mass is 432 g/mol.